The lowest BCUT2D eigenvalue weighted by Gasteiger charge is -2.10. The van der Waals surface area contributed by atoms with Crippen LogP contribution in [-0.4, -0.2) is 20.0 Å². The molecule has 8 heteroatoms. The van der Waals surface area contributed by atoms with Crippen molar-refractivity contribution < 1.29 is 13.2 Å². The fraction of sp³-hybridized carbons (Fsp3) is 0.0769. The molecule has 0 amide bonds. The van der Waals surface area contributed by atoms with Crippen LogP contribution >= 0.6 is 11.6 Å². The van der Waals surface area contributed by atoms with Crippen molar-refractivity contribution in [1.82, 2.24) is 4.98 Å². The fourth-order valence-corrected chi connectivity index (χ4v) is 3.02. The van der Waals surface area contributed by atoms with E-state index >= 15 is 0 Å². The van der Waals surface area contributed by atoms with Crippen molar-refractivity contribution in [3.8, 4) is 11.8 Å². The van der Waals surface area contributed by atoms with Crippen molar-refractivity contribution in [2.75, 3.05) is 11.3 Å². The Morgan fingerprint density at radius 2 is 2.19 bits per heavy atom. The van der Waals surface area contributed by atoms with Crippen molar-refractivity contribution in [3.05, 3.63) is 47.7 Å². The van der Waals surface area contributed by atoms with Crippen molar-refractivity contribution in [3.63, 3.8) is 0 Å². The Kier molecular flexibility index (Phi) is 4.62. The normalized spacial score (nSPS) is 10.7. The second kappa shape index (κ2) is 6.43. The fourth-order valence-electron chi connectivity index (χ4n) is 1.54. The molecule has 0 aliphatic heterocycles. The summed E-state index contributed by atoms with van der Waals surface area (Å²) in [6, 6.07) is 9.47. The first-order valence-corrected chi connectivity index (χ1v) is 7.61. The van der Waals surface area contributed by atoms with Gasteiger partial charge in [0.1, 0.15) is 16.7 Å². The van der Waals surface area contributed by atoms with Gasteiger partial charge < -0.3 is 4.74 Å². The molecule has 0 atom stereocenters. The van der Waals surface area contributed by atoms with E-state index in [-0.39, 0.29) is 16.5 Å². The van der Waals surface area contributed by atoms with Crippen LogP contribution in [0.25, 0.3) is 0 Å². The van der Waals surface area contributed by atoms with E-state index in [1.54, 1.807) is 18.2 Å². The molecule has 2 rings (SSSR count). The summed E-state index contributed by atoms with van der Waals surface area (Å²) < 4.78 is 31.9. The molecular weight excluding hydrogens is 314 g/mol. The second-order valence-corrected chi connectivity index (χ2v) is 5.94. The van der Waals surface area contributed by atoms with Gasteiger partial charge in [-0.3, -0.25) is 9.71 Å². The quantitative estimate of drug-likeness (QED) is 0.912. The van der Waals surface area contributed by atoms with Gasteiger partial charge in [0.25, 0.3) is 10.0 Å². The lowest BCUT2D eigenvalue weighted by atomic mass is 10.3. The summed E-state index contributed by atoms with van der Waals surface area (Å²) in [4.78, 5) is 3.63. The average molecular weight is 324 g/mol. The van der Waals surface area contributed by atoms with Gasteiger partial charge in [0, 0.05) is 18.5 Å². The molecule has 1 aromatic carbocycles. The number of nitrogens with zero attached hydrogens (tertiary/aromatic N) is 2. The molecule has 0 fully saturated rings. The van der Waals surface area contributed by atoms with Crippen LogP contribution in [0.3, 0.4) is 0 Å². The number of nitriles is 1. The second-order valence-electron chi connectivity index (χ2n) is 3.89. The summed E-state index contributed by atoms with van der Waals surface area (Å²) in [7, 11) is -3.85. The van der Waals surface area contributed by atoms with Crippen molar-refractivity contribution in [1.29, 1.82) is 5.26 Å². The third-order valence-electron chi connectivity index (χ3n) is 2.41. The molecule has 0 saturated heterocycles. The molecular formula is C13H10ClN3O3S. The van der Waals surface area contributed by atoms with E-state index < -0.39 is 10.0 Å². The largest absolute Gasteiger partial charge is 0.479 e. The predicted molar refractivity (Wildman–Crippen MR) is 77.6 cm³/mol. The molecule has 0 aliphatic carbocycles. The summed E-state index contributed by atoms with van der Waals surface area (Å²) >= 11 is 5.85. The van der Waals surface area contributed by atoms with Crippen molar-refractivity contribution in [2.24, 2.45) is 0 Å². The lowest BCUT2D eigenvalue weighted by Crippen LogP contribution is -2.13. The Morgan fingerprint density at radius 1 is 1.38 bits per heavy atom. The van der Waals surface area contributed by atoms with Crippen molar-refractivity contribution >= 4 is 27.3 Å². The Labute approximate surface area is 127 Å². The first kappa shape index (κ1) is 15.1. The zero-order chi connectivity index (χ0) is 15.3. The van der Waals surface area contributed by atoms with Crippen molar-refractivity contribution in [2.45, 2.75) is 4.90 Å². The smallest absolute Gasteiger partial charge is 0.264 e. The number of anilines is 1. The maximum Gasteiger partial charge on any atom is 0.264 e. The van der Waals surface area contributed by atoms with Crippen LogP contribution in [-0.2, 0) is 10.0 Å². The summed E-state index contributed by atoms with van der Waals surface area (Å²) in [5, 5.41) is 8.53. The molecule has 21 heavy (non-hydrogen) atoms. The highest BCUT2D eigenvalue weighted by molar-refractivity contribution is 7.92. The van der Waals surface area contributed by atoms with E-state index in [0.29, 0.717) is 11.4 Å². The minimum absolute atomic E-state index is 0.0781. The van der Waals surface area contributed by atoms with E-state index in [2.05, 4.69) is 9.71 Å². The van der Waals surface area contributed by atoms with Gasteiger partial charge >= 0.3 is 0 Å². The number of halogens is 1. The molecule has 2 aromatic rings. The van der Waals surface area contributed by atoms with E-state index in [9.17, 15) is 8.42 Å². The van der Waals surface area contributed by atoms with Crippen LogP contribution in [0.2, 0.25) is 5.02 Å². The van der Waals surface area contributed by atoms with E-state index in [4.69, 9.17) is 21.6 Å². The van der Waals surface area contributed by atoms with Gasteiger partial charge in [0.2, 0.25) is 0 Å². The van der Waals surface area contributed by atoms with Crippen LogP contribution < -0.4 is 9.46 Å². The average Bonchev–Trinajstić information content (AvgIpc) is 2.45. The number of ether oxygens (including phenoxy) is 1. The maximum atomic E-state index is 12.2. The minimum Gasteiger partial charge on any atom is -0.479 e. The standard InChI is InChI=1S/C13H10ClN3O3S/c14-12-4-6-16-9-13(12)21(18,19)17-10-2-1-3-11(8-10)20-7-5-15/h1-4,6,8-9,17H,7H2. The highest BCUT2D eigenvalue weighted by atomic mass is 35.5. The molecule has 1 N–H and O–H groups in total. The lowest BCUT2D eigenvalue weighted by molar-refractivity contribution is 0.368. The molecule has 0 spiro atoms. The maximum absolute atomic E-state index is 12.2. The predicted octanol–water partition coefficient (Wildman–Crippen LogP) is 2.44. The van der Waals surface area contributed by atoms with Crippen LogP contribution in [0.4, 0.5) is 5.69 Å². The number of pyridine rings is 1. The SMILES string of the molecule is N#CCOc1cccc(NS(=O)(=O)c2cnccc2Cl)c1. The zero-order valence-corrected chi connectivity index (χ0v) is 12.2. The molecule has 0 bridgehead atoms. The summed E-state index contributed by atoms with van der Waals surface area (Å²) in [5.74, 6) is 0.383. The Balaban J connectivity index is 2.25. The molecule has 0 aliphatic rings. The molecule has 0 saturated carbocycles. The molecule has 0 unspecified atom stereocenters. The third-order valence-corrected chi connectivity index (χ3v) is 4.26. The zero-order valence-electron chi connectivity index (χ0n) is 10.7. The summed E-state index contributed by atoms with van der Waals surface area (Å²) in [6.45, 7) is -0.120. The molecule has 1 heterocycles. The Morgan fingerprint density at radius 3 is 2.90 bits per heavy atom. The molecule has 1 aromatic heterocycles. The monoisotopic (exact) mass is 323 g/mol. The van der Waals surface area contributed by atoms with E-state index in [0.717, 1.165) is 0 Å². The topological polar surface area (TPSA) is 92.1 Å². The number of sulfonamides is 1. The summed E-state index contributed by atoms with van der Waals surface area (Å²) in [6.07, 6.45) is 2.57. The van der Waals surface area contributed by atoms with Gasteiger partial charge in [-0.15, -0.1) is 0 Å². The number of benzene rings is 1. The number of rotatable bonds is 5. The van der Waals surface area contributed by atoms with Gasteiger partial charge in [-0.1, -0.05) is 17.7 Å². The molecule has 0 radical (unpaired) electrons. The number of hydrogen-bond donors (Lipinski definition) is 1. The highest BCUT2D eigenvalue weighted by Gasteiger charge is 2.18. The molecule has 6 nitrogen and oxygen atoms in total. The highest BCUT2D eigenvalue weighted by Crippen LogP contribution is 2.24. The van der Waals surface area contributed by atoms with E-state index in [1.165, 1.54) is 24.5 Å². The van der Waals surface area contributed by atoms with E-state index in [1.807, 2.05) is 6.07 Å². The van der Waals surface area contributed by atoms with Gasteiger partial charge in [0.15, 0.2) is 6.61 Å². The van der Waals surface area contributed by atoms with Crippen LogP contribution in [0, 0.1) is 11.3 Å². The van der Waals surface area contributed by atoms with Crippen LogP contribution in [0.15, 0.2) is 47.6 Å². The third kappa shape index (κ3) is 3.84. The van der Waals surface area contributed by atoms with Gasteiger partial charge in [-0.25, -0.2) is 8.42 Å². The number of hydrogen-bond acceptors (Lipinski definition) is 5. The van der Waals surface area contributed by atoms with Gasteiger partial charge in [-0.2, -0.15) is 5.26 Å². The first-order chi connectivity index (χ1) is 10.0. The van der Waals surface area contributed by atoms with Crippen LogP contribution in [0.1, 0.15) is 0 Å². The first-order valence-electron chi connectivity index (χ1n) is 5.75. The number of nitrogens with one attached hydrogen (secondary N) is 1. The Hall–Kier alpha value is -2.30. The minimum atomic E-state index is -3.85. The summed E-state index contributed by atoms with van der Waals surface area (Å²) in [5.41, 5.74) is 0.297. The van der Waals surface area contributed by atoms with Gasteiger partial charge in [0.05, 0.1) is 10.7 Å². The molecule has 108 valence electrons. The van der Waals surface area contributed by atoms with Crippen LogP contribution in [0.5, 0.6) is 5.75 Å². The van der Waals surface area contributed by atoms with Gasteiger partial charge in [-0.05, 0) is 18.2 Å². The number of aromatic nitrogens is 1. The Bertz CT molecular complexity index is 787.